The quantitative estimate of drug-likeness (QED) is 0.727. The Labute approximate surface area is 92.5 Å². The van der Waals surface area contributed by atoms with E-state index < -0.39 is 5.41 Å². The van der Waals surface area contributed by atoms with Crippen molar-refractivity contribution >= 4 is 22.9 Å². The molecule has 0 bridgehead atoms. The number of nitrogens with zero attached hydrogens (tertiary/aromatic N) is 2. The number of halogens is 1. The second-order valence-electron chi connectivity index (χ2n) is 4.24. The summed E-state index contributed by atoms with van der Waals surface area (Å²) in [6, 6.07) is 2.25. The van der Waals surface area contributed by atoms with Crippen molar-refractivity contribution in [3.8, 4) is 6.07 Å². The predicted molar refractivity (Wildman–Crippen MR) is 57.5 cm³/mol. The molecule has 0 radical (unpaired) electrons. The van der Waals surface area contributed by atoms with Crippen molar-refractivity contribution in [3.63, 3.8) is 0 Å². The summed E-state index contributed by atoms with van der Waals surface area (Å²) in [6.45, 7) is 3.76. The molecule has 2 rings (SSSR count). The Kier molecular flexibility index (Phi) is 2.09. The molecule has 1 saturated carbocycles. The number of aromatic nitrogens is 1. The van der Waals surface area contributed by atoms with Gasteiger partial charge in [-0.2, -0.15) is 5.26 Å². The van der Waals surface area contributed by atoms with Crippen LogP contribution in [0.5, 0.6) is 0 Å². The third-order valence-electron chi connectivity index (χ3n) is 2.47. The molecular formula is C10H11ClN2S. The van der Waals surface area contributed by atoms with Gasteiger partial charge in [0.1, 0.15) is 10.4 Å². The molecule has 1 aliphatic rings. The number of alkyl halides is 1. The minimum Gasteiger partial charge on any atom is -0.243 e. The van der Waals surface area contributed by atoms with Crippen LogP contribution >= 0.6 is 22.9 Å². The van der Waals surface area contributed by atoms with Gasteiger partial charge in [0.05, 0.1) is 16.6 Å². The summed E-state index contributed by atoms with van der Waals surface area (Å²) in [7, 11) is 0. The molecule has 1 aromatic rings. The van der Waals surface area contributed by atoms with Crippen LogP contribution in [0.25, 0.3) is 0 Å². The smallest absolute Gasteiger partial charge is 0.113 e. The zero-order valence-electron chi connectivity index (χ0n) is 8.17. The van der Waals surface area contributed by atoms with Crippen LogP contribution in [-0.4, -0.2) is 4.98 Å². The van der Waals surface area contributed by atoms with Crippen molar-refractivity contribution in [2.24, 2.45) is 0 Å². The van der Waals surface area contributed by atoms with Crippen molar-refractivity contribution in [3.05, 3.63) is 16.1 Å². The van der Waals surface area contributed by atoms with Crippen molar-refractivity contribution in [2.45, 2.75) is 37.0 Å². The predicted octanol–water partition coefficient (Wildman–Crippen LogP) is 3.17. The summed E-state index contributed by atoms with van der Waals surface area (Å²) >= 11 is 7.77. The van der Waals surface area contributed by atoms with Gasteiger partial charge < -0.3 is 0 Å². The molecule has 1 heterocycles. The van der Waals surface area contributed by atoms with E-state index in [0.717, 1.165) is 23.5 Å². The number of nitriles is 1. The third kappa shape index (κ3) is 1.53. The van der Waals surface area contributed by atoms with Gasteiger partial charge in [0.25, 0.3) is 0 Å². The van der Waals surface area contributed by atoms with Gasteiger partial charge in [0, 0.05) is 5.38 Å². The van der Waals surface area contributed by atoms with Gasteiger partial charge in [-0.05, 0) is 26.7 Å². The first kappa shape index (κ1) is 9.95. The first-order valence-electron chi connectivity index (χ1n) is 4.55. The molecule has 14 heavy (non-hydrogen) atoms. The standard InChI is InChI=1S/C10H11ClN2S/c1-9(2,6-12)8-13-7(5-14-8)10(11)3-4-10/h5H,3-4H2,1-2H3. The molecule has 4 heteroatoms. The molecule has 74 valence electrons. The molecular weight excluding hydrogens is 216 g/mol. The van der Waals surface area contributed by atoms with E-state index >= 15 is 0 Å². The Morgan fingerprint density at radius 1 is 1.64 bits per heavy atom. The summed E-state index contributed by atoms with van der Waals surface area (Å²) in [4.78, 5) is 4.24. The summed E-state index contributed by atoms with van der Waals surface area (Å²) in [5.74, 6) is 0. The fourth-order valence-corrected chi connectivity index (χ4v) is 2.43. The molecule has 1 fully saturated rings. The second kappa shape index (κ2) is 2.95. The van der Waals surface area contributed by atoms with Crippen LogP contribution in [0.15, 0.2) is 5.38 Å². The SMILES string of the molecule is CC(C)(C#N)c1nc(C2(Cl)CC2)cs1. The molecule has 0 unspecified atom stereocenters. The fraction of sp³-hybridized carbons (Fsp3) is 0.600. The van der Waals surface area contributed by atoms with E-state index in [1.54, 1.807) is 0 Å². The maximum absolute atomic E-state index is 8.96. The Morgan fingerprint density at radius 2 is 2.29 bits per heavy atom. The lowest BCUT2D eigenvalue weighted by Crippen LogP contribution is -2.13. The molecule has 0 atom stereocenters. The van der Waals surface area contributed by atoms with Gasteiger partial charge in [-0.25, -0.2) is 4.98 Å². The zero-order chi connectivity index (χ0) is 10.4. The third-order valence-corrected chi connectivity index (χ3v) is 4.20. The van der Waals surface area contributed by atoms with Gasteiger partial charge in [-0.15, -0.1) is 22.9 Å². The number of rotatable bonds is 2. The minimum atomic E-state index is -0.495. The highest BCUT2D eigenvalue weighted by Crippen LogP contribution is 2.52. The highest BCUT2D eigenvalue weighted by molar-refractivity contribution is 7.09. The van der Waals surface area contributed by atoms with E-state index in [4.69, 9.17) is 16.9 Å². The fourth-order valence-electron chi connectivity index (χ4n) is 1.18. The molecule has 2 nitrogen and oxygen atoms in total. The highest BCUT2D eigenvalue weighted by Gasteiger charge is 2.45. The van der Waals surface area contributed by atoms with E-state index in [0.29, 0.717) is 0 Å². The van der Waals surface area contributed by atoms with E-state index in [-0.39, 0.29) is 4.87 Å². The summed E-state index contributed by atoms with van der Waals surface area (Å²) < 4.78 is 0. The number of hydrogen-bond acceptors (Lipinski definition) is 3. The van der Waals surface area contributed by atoms with Crippen LogP contribution in [0.3, 0.4) is 0 Å². The molecule has 1 aliphatic carbocycles. The van der Waals surface area contributed by atoms with Crippen molar-refractivity contribution in [2.75, 3.05) is 0 Å². The topological polar surface area (TPSA) is 36.7 Å². The largest absolute Gasteiger partial charge is 0.243 e. The molecule has 0 aromatic carbocycles. The normalized spacial score (nSPS) is 19.0. The van der Waals surface area contributed by atoms with Crippen molar-refractivity contribution < 1.29 is 0 Å². The summed E-state index contributed by atoms with van der Waals surface area (Å²) in [6.07, 6.45) is 2.01. The van der Waals surface area contributed by atoms with E-state index in [9.17, 15) is 0 Å². The molecule has 0 amide bonds. The Bertz CT molecular complexity index is 398. The average Bonchev–Trinajstić information content (AvgIpc) is 2.72. The lowest BCUT2D eigenvalue weighted by Gasteiger charge is -2.10. The van der Waals surface area contributed by atoms with Crippen LogP contribution in [0.4, 0.5) is 0 Å². The number of thiazole rings is 1. The maximum atomic E-state index is 8.96. The van der Waals surface area contributed by atoms with Crippen LogP contribution in [-0.2, 0) is 10.3 Å². The molecule has 0 N–H and O–H groups in total. The van der Waals surface area contributed by atoms with Crippen molar-refractivity contribution in [1.29, 1.82) is 5.26 Å². The van der Waals surface area contributed by atoms with E-state index in [2.05, 4.69) is 11.1 Å². The maximum Gasteiger partial charge on any atom is 0.113 e. The summed E-state index contributed by atoms with van der Waals surface area (Å²) in [5, 5.41) is 11.8. The lowest BCUT2D eigenvalue weighted by atomic mass is 9.97. The van der Waals surface area contributed by atoms with Gasteiger partial charge >= 0.3 is 0 Å². The molecule has 1 aromatic heterocycles. The van der Waals surface area contributed by atoms with Crippen molar-refractivity contribution in [1.82, 2.24) is 4.98 Å². The van der Waals surface area contributed by atoms with Crippen LogP contribution < -0.4 is 0 Å². The van der Waals surface area contributed by atoms with E-state index in [1.807, 2.05) is 19.2 Å². The lowest BCUT2D eigenvalue weighted by molar-refractivity contribution is 0.674. The van der Waals surface area contributed by atoms with Crippen LogP contribution in [0.1, 0.15) is 37.4 Å². The first-order valence-corrected chi connectivity index (χ1v) is 5.80. The van der Waals surface area contributed by atoms with E-state index in [1.165, 1.54) is 11.3 Å². The number of hydrogen-bond donors (Lipinski definition) is 0. The Hall–Kier alpha value is -0.590. The first-order chi connectivity index (χ1) is 6.48. The van der Waals surface area contributed by atoms with Gasteiger partial charge in [-0.3, -0.25) is 0 Å². The monoisotopic (exact) mass is 226 g/mol. The second-order valence-corrected chi connectivity index (χ2v) is 5.82. The minimum absolute atomic E-state index is 0.208. The van der Waals surface area contributed by atoms with Gasteiger partial charge in [-0.1, -0.05) is 0 Å². The zero-order valence-corrected chi connectivity index (χ0v) is 9.74. The average molecular weight is 227 g/mol. The van der Waals surface area contributed by atoms with Crippen LogP contribution in [0, 0.1) is 11.3 Å². The molecule has 0 spiro atoms. The highest BCUT2D eigenvalue weighted by atomic mass is 35.5. The van der Waals surface area contributed by atoms with Gasteiger partial charge in [0.15, 0.2) is 0 Å². The molecule has 0 aliphatic heterocycles. The molecule has 0 saturated heterocycles. The summed E-state index contributed by atoms with van der Waals surface area (Å²) in [5.41, 5.74) is 0.452. The van der Waals surface area contributed by atoms with Crippen LogP contribution in [0.2, 0.25) is 0 Å². The Morgan fingerprint density at radius 3 is 2.79 bits per heavy atom. The van der Waals surface area contributed by atoms with Gasteiger partial charge in [0.2, 0.25) is 0 Å². The Balaban J connectivity index is 2.32.